The topological polar surface area (TPSA) is 79.4 Å². The minimum atomic E-state index is -3.34. The van der Waals surface area contributed by atoms with Crippen LogP contribution in [0.4, 0.5) is 5.69 Å². The second kappa shape index (κ2) is 7.97. The number of rotatable bonds is 4. The van der Waals surface area contributed by atoms with Crippen molar-refractivity contribution >= 4 is 21.6 Å². The summed E-state index contributed by atoms with van der Waals surface area (Å²) in [6, 6.07) is 11.3. The standard InChI is InChI=1S/C23H27N3O5S/c1-16-11-19-13-18(4-5-20(19)26(16)32(2,28)29)23(27)25-9-7-24(8-10-25)14-17-3-6-21-22(12-17)31-15-30-21/h3-6,12-13,16H,7-11,14-15H2,1-2H3/t16-/m0/s1. The zero-order valence-electron chi connectivity index (χ0n) is 18.3. The van der Waals surface area contributed by atoms with E-state index >= 15 is 0 Å². The van der Waals surface area contributed by atoms with E-state index in [4.69, 9.17) is 9.47 Å². The molecule has 3 aliphatic heterocycles. The number of fused-ring (bicyclic) bond motifs is 2. The summed E-state index contributed by atoms with van der Waals surface area (Å²) in [6.07, 6.45) is 1.84. The van der Waals surface area contributed by atoms with Crippen molar-refractivity contribution in [3.8, 4) is 11.5 Å². The third-order valence-electron chi connectivity index (χ3n) is 6.34. The molecule has 3 aliphatic rings. The van der Waals surface area contributed by atoms with Gasteiger partial charge in [0.2, 0.25) is 16.8 Å². The lowest BCUT2D eigenvalue weighted by Gasteiger charge is -2.35. The molecule has 8 nitrogen and oxygen atoms in total. The number of hydrogen-bond donors (Lipinski definition) is 0. The van der Waals surface area contributed by atoms with Gasteiger partial charge in [-0.1, -0.05) is 6.07 Å². The molecule has 0 radical (unpaired) electrons. The van der Waals surface area contributed by atoms with Crippen molar-refractivity contribution in [1.29, 1.82) is 0 Å². The maximum absolute atomic E-state index is 13.1. The number of carbonyl (C=O) groups excluding carboxylic acids is 1. The number of sulfonamides is 1. The van der Waals surface area contributed by atoms with Crippen molar-refractivity contribution in [2.75, 3.05) is 43.5 Å². The lowest BCUT2D eigenvalue weighted by molar-refractivity contribution is 0.0628. The second-order valence-corrected chi connectivity index (χ2v) is 10.6. The summed E-state index contributed by atoms with van der Waals surface area (Å²) in [5, 5.41) is 0. The number of anilines is 1. The van der Waals surface area contributed by atoms with Gasteiger partial charge in [-0.15, -0.1) is 0 Å². The highest BCUT2D eigenvalue weighted by molar-refractivity contribution is 7.92. The van der Waals surface area contributed by atoms with Gasteiger partial charge in [0.15, 0.2) is 11.5 Å². The smallest absolute Gasteiger partial charge is 0.253 e. The Labute approximate surface area is 188 Å². The summed E-state index contributed by atoms with van der Waals surface area (Å²) in [5.74, 6) is 1.57. The average Bonchev–Trinajstić information content (AvgIpc) is 3.35. The van der Waals surface area contributed by atoms with Crippen LogP contribution in [-0.4, -0.2) is 69.4 Å². The normalized spacial score (nSPS) is 20.5. The Kier molecular flexibility index (Phi) is 5.25. The van der Waals surface area contributed by atoms with E-state index in [0.717, 1.165) is 42.3 Å². The van der Waals surface area contributed by atoms with E-state index in [1.165, 1.54) is 10.6 Å². The predicted octanol–water partition coefficient (Wildman–Crippen LogP) is 2.08. The second-order valence-electron chi connectivity index (χ2n) is 8.71. The lowest BCUT2D eigenvalue weighted by Crippen LogP contribution is -2.48. The van der Waals surface area contributed by atoms with Crippen LogP contribution in [-0.2, 0) is 23.0 Å². The van der Waals surface area contributed by atoms with Crippen LogP contribution < -0.4 is 13.8 Å². The summed E-state index contributed by atoms with van der Waals surface area (Å²) in [6.45, 7) is 5.87. The average molecular weight is 458 g/mol. The van der Waals surface area contributed by atoms with Gasteiger partial charge < -0.3 is 14.4 Å². The first kappa shape index (κ1) is 21.1. The molecule has 0 saturated carbocycles. The number of carbonyl (C=O) groups is 1. The Hall–Kier alpha value is -2.78. The van der Waals surface area contributed by atoms with Gasteiger partial charge in [-0.25, -0.2) is 8.42 Å². The molecule has 0 aromatic heterocycles. The van der Waals surface area contributed by atoms with Gasteiger partial charge in [0.1, 0.15) is 0 Å². The highest BCUT2D eigenvalue weighted by atomic mass is 32.2. The van der Waals surface area contributed by atoms with E-state index in [2.05, 4.69) is 11.0 Å². The van der Waals surface area contributed by atoms with Crippen molar-refractivity contribution in [1.82, 2.24) is 9.80 Å². The molecule has 0 unspecified atom stereocenters. The molecule has 0 spiro atoms. The number of amides is 1. The van der Waals surface area contributed by atoms with Crippen LogP contribution in [0.2, 0.25) is 0 Å². The van der Waals surface area contributed by atoms with Crippen molar-refractivity contribution in [2.24, 2.45) is 0 Å². The van der Waals surface area contributed by atoms with E-state index in [0.29, 0.717) is 30.8 Å². The highest BCUT2D eigenvalue weighted by Gasteiger charge is 2.33. The summed E-state index contributed by atoms with van der Waals surface area (Å²) in [4.78, 5) is 17.3. The fourth-order valence-electron chi connectivity index (χ4n) is 4.83. The molecular formula is C23H27N3O5S. The molecular weight excluding hydrogens is 430 g/mol. The predicted molar refractivity (Wildman–Crippen MR) is 121 cm³/mol. The largest absolute Gasteiger partial charge is 0.454 e. The van der Waals surface area contributed by atoms with Crippen molar-refractivity contribution in [2.45, 2.75) is 25.9 Å². The van der Waals surface area contributed by atoms with Crippen LogP contribution in [0.1, 0.15) is 28.4 Å². The molecule has 0 bridgehead atoms. The minimum Gasteiger partial charge on any atom is -0.454 e. The van der Waals surface area contributed by atoms with Gasteiger partial charge in [0, 0.05) is 44.3 Å². The summed E-state index contributed by atoms with van der Waals surface area (Å²) in [5.41, 5.74) is 3.38. The van der Waals surface area contributed by atoms with E-state index in [9.17, 15) is 13.2 Å². The monoisotopic (exact) mass is 457 g/mol. The summed E-state index contributed by atoms with van der Waals surface area (Å²) >= 11 is 0. The van der Waals surface area contributed by atoms with Crippen LogP contribution >= 0.6 is 0 Å². The van der Waals surface area contributed by atoms with Gasteiger partial charge in [0.05, 0.1) is 11.9 Å². The number of nitrogens with zero attached hydrogens (tertiary/aromatic N) is 3. The maximum atomic E-state index is 13.1. The van der Waals surface area contributed by atoms with Gasteiger partial charge >= 0.3 is 0 Å². The van der Waals surface area contributed by atoms with Gasteiger partial charge in [-0.2, -0.15) is 0 Å². The molecule has 2 aromatic rings. The lowest BCUT2D eigenvalue weighted by atomic mass is 10.1. The Morgan fingerprint density at radius 2 is 1.78 bits per heavy atom. The van der Waals surface area contributed by atoms with Gasteiger partial charge in [0.25, 0.3) is 5.91 Å². The molecule has 3 heterocycles. The number of hydrogen-bond acceptors (Lipinski definition) is 6. The van der Waals surface area contributed by atoms with Crippen LogP contribution in [0.3, 0.4) is 0 Å². The van der Waals surface area contributed by atoms with Crippen molar-refractivity contribution < 1.29 is 22.7 Å². The van der Waals surface area contributed by atoms with Crippen LogP contribution in [0.15, 0.2) is 36.4 Å². The Bertz CT molecular complexity index is 1160. The fourth-order valence-corrected chi connectivity index (χ4v) is 6.09. The number of piperazine rings is 1. The molecule has 1 amide bonds. The van der Waals surface area contributed by atoms with E-state index < -0.39 is 10.0 Å². The number of benzene rings is 2. The van der Waals surface area contributed by atoms with Crippen LogP contribution in [0.25, 0.3) is 0 Å². The van der Waals surface area contributed by atoms with Gasteiger partial charge in [-0.05, 0) is 54.8 Å². The third-order valence-corrected chi connectivity index (χ3v) is 7.61. The molecule has 2 aromatic carbocycles. The third kappa shape index (κ3) is 3.91. The summed E-state index contributed by atoms with van der Waals surface area (Å²) in [7, 11) is -3.34. The molecule has 1 atom stereocenters. The molecule has 0 aliphatic carbocycles. The fraction of sp³-hybridized carbons (Fsp3) is 0.435. The maximum Gasteiger partial charge on any atom is 0.253 e. The first-order valence-electron chi connectivity index (χ1n) is 10.8. The van der Waals surface area contributed by atoms with Crippen molar-refractivity contribution in [3.05, 3.63) is 53.1 Å². The molecule has 170 valence electrons. The van der Waals surface area contributed by atoms with Crippen LogP contribution in [0.5, 0.6) is 11.5 Å². The zero-order chi connectivity index (χ0) is 22.5. The van der Waals surface area contributed by atoms with E-state index in [1.807, 2.05) is 30.0 Å². The first-order chi connectivity index (χ1) is 15.3. The molecule has 1 saturated heterocycles. The van der Waals surface area contributed by atoms with E-state index in [1.54, 1.807) is 12.1 Å². The Morgan fingerprint density at radius 3 is 2.53 bits per heavy atom. The van der Waals surface area contributed by atoms with Crippen molar-refractivity contribution in [3.63, 3.8) is 0 Å². The molecule has 5 rings (SSSR count). The summed E-state index contributed by atoms with van der Waals surface area (Å²) < 4.78 is 36.5. The molecule has 0 N–H and O–H groups in total. The minimum absolute atomic E-state index is 0.000915. The van der Waals surface area contributed by atoms with Crippen LogP contribution in [0, 0.1) is 0 Å². The Morgan fingerprint density at radius 1 is 1.03 bits per heavy atom. The first-order valence-corrected chi connectivity index (χ1v) is 12.7. The Balaban J connectivity index is 1.22. The highest BCUT2D eigenvalue weighted by Crippen LogP contribution is 2.35. The SMILES string of the molecule is C[C@H]1Cc2cc(C(=O)N3CCN(Cc4ccc5c(c4)OCO5)CC3)ccc2N1S(C)(=O)=O. The quantitative estimate of drug-likeness (QED) is 0.700. The number of ether oxygens (including phenoxy) is 2. The van der Waals surface area contributed by atoms with Gasteiger partial charge in [-0.3, -0.25) is 14.0 Å². The van der Waals surface area contributed by atoms with E-state index in [-0.39, 0.29) is 18.7 Å². The molecule has 9 heteroatoms. The zero-order valence-corrected chi connectivity index (χ0v) is 19.1. The molecule has 32 heavy (non-hydrogen) atoms. The molecule has 1 fully saturated rings.